The molecule has 1 aromatic heterocycles. The lowest BCUT2D eigenvalue weighted by Crippen LogP contribution is -2.50. The third-order valence-corrected chi connectivity index (χ3v) is 11.6. The van der Waals surface area contributed by atoms with E-state index in [4.69, 9.17) is 19.4 Å². The van der Waals surface area contributed by atoms with Gasteiger partial charge in [0, 0.05) is 37.0 Å². The van der Waals surface area contributed by atoms with Crippen molar-refractivity contribution < 1.29 is 32.6 Å². The van der Waals surface area contributed by atoms with Crippen molar-refractivity contribution in [1.82, 2.24) is 14.9 Å². The van der Waals surface area contributed by atoms with Gasteiger partial charge in [-0.15, -0.1) is 0 Å². The molecule has 0 radical (unpaired) electrons. The van der Waals surface area contributed by atoms with Crippen LogP contribution in [0.15, 0.2) is 60.7 Å². The predicted molar refractivity (Wildman–Crippen MR) is 164 cm³/mol. The van der Waals surface area contributed by atoms with Crippen molar-refractivity contribution in [1.29, 1.82) is 0 Å². The number of para-hydroxylation sites is 1. The van der Waals surface area contributed by atoms with Gasteiger partial charge >= 0.3 is 12.2 Å². The predicted octanol–water partition coefficient (Wildman–Crippen LogP) is 4.53. The molecule has 3 heterocycles. The van der Waals surface area contributed by atoms with Gasteiger partial charge in [-0.2, -0.15) is 0 Å². The number of carbonyl (C=O) groups excluding carboxylic acids is 1. The van der Waals surface area contributed by atoms with E-state index >= 15 is 0 Å². The third-order valence-electron chi connectivity index (χ3n) is 8.53. The average Bonchev–Trinajstić information content (AvgIpc) is 3.88. The quantitative estimate of drug-likeness (QED) is 0.385. The van der Waals surface area contributed by atoms with Gasteiger partial charge in [-0.3, -0.25) is 5.32 Å². The number of benzene rings is 2. The highest BCUT2D eigenvalue weighted by atomic mass is 32.2. The Kier molecular flexibility index (Phi) is 8.16. The van der Waals surface area contributed by atoms with Crippen molar-refractivity contribution in [2.45, 2.75) is 48.6 Å². The first kappa shape index (κ1) is 29.8. The van der Waals surface area contributed by atoms with Crippen LogP contribution in [0.1, 0.15) is 38.3 Å². The zero-order valence-corrected chi connectivity index (χ0v) is 25.2. The molecular weight excluding hydrogens is 586 g/mol. The number of likely N-dealkylation sites (tertiary alicyclic amines) is 1. The second-order valence-electron chi connectivity index (χ2n) is 11.5. The van der Waals surface area contributed by atoms with E-state index in [1.165, 1.54) is 4.90 Å². The first-order valence-electron chi connectivity index (χ1n) is 14.8. The molecule has 3 aromatic rings. The molecule has 12 nitrogen and oxygen atoms in total. The van der Waals surface area contributed by atoms with E-state index in [1.807, 2.05) is 13.0 Å². The van der Waals surface area contributed by atoms with Crippen molar-refractivity contribution in [2.24, 2.45) is 0 Å². The number of amides is 2. The minimum atomic E-state index is -3.67. The Hall–Kier alpha value is -4.23. The van der Waals surface area contributed by atoms with Gasteiger partial charge < -0.3 is 24.4 Å². The lowest BCUT2D eigenvalue weighted by atomic mass is 9.91. The van der Waals surface area contributed by atoms with E-state index < -0.39 is 32.0 Å². The average molecular weight is 622 g/mol. The number of carbonyl (C=O) groups is 2. The number of aromatic nitrogens is 2. The monoisotopic (exact) mass is 621 g/mol. The van der Waals surface area contributed by atoms with Gasteiger partial charge in [0.15, 0.2) is 15.7 Å². The summed E-state index contributed by atoms with van der Waals surface area (Å²) < 4.78 is 37.8. The van der Waals surface area contributed by atoms with Gasteiger partial charge in [-0.1, -0.05) is 18.2 Å². The van der Waals surface area contributed by atoms with Gasteiger partial charge in [0.25, 0.3) is 0 Å². The van der Waals surface area contributed by atoms with Crippen LogP contribution in [-0.4, -0.2) is 84.7 Å². The van der Waals surface area contributed by atoms with Crippen LogP contribution in [0.3, 0.4) is 0 Å². The van der Waals surface area contributed by atoms with E-state index in [2.05, 4.69) is 10.2 Å². The molecule has 6 rings (SSSR count). The van der Waals surface area contributed by atoms with Crippen LogP contribution in [0.5, 0.6) is 5.75 Å². The molecule has 1 aliphatic carbocycles. The van der Waals surface area contributed by atoms with Crippen molar-refractivity contribution in [3.63, 3.8) is 0 Å². The Balaban J connectivity index is 1.36. The fourth-order valence-corrected chi connectivity index (χ4v) is 8.44. The highest BCUT2D eigenvalue weighted by Gasteiger charge is 2.55. The summed E-state index contributed by atoms with van der Waals surface area (Å²) in [4.78, 5) is 37.2. The molecule has 1 saturated carbocycles. The number of sulfone groups is 1. The van der Waals surface area contributed by atoms with Gasteiger partial charge in [0.1, 0.15) is 16.3 Å². The third kappa shape index (κ3) is 5.93. The first-order valence-corrected chi connectivity index (χ1v) is 16.3. The molecule has 0 bridgehead atoms. The standard InChI is InChI=1S/C31H35N5O7S/c1-21-20-42-18-17-36(21)27-19-26(31(44(40,41)25-11-12-25)13-15-35(16-14-31)30(38)39)33-28(34-27)22-7-9-23(10-8-22)32-29(37)43-24-5-3-2-4-6-24/h2-10,19,21,25H,11-18,20H2,1H3,(H,32,37)(H,38,39)/t21-/m0/s1. The summed E-state index contributed by atoms with van der Waals surface area (Å²) in [5.41, 5.74) is 1.53. The Morgan fingerprint density at radius 2 is 1.73 bits per heavy atom. The Morgan fingerprint density at radius 3 is 2.36 bits per heavy atom. The number of anilines is 2. The summed E-state index contributed by atoms with van der Waals surface area (Å²) in [5.74, 6) is 1.36. The Bertz CT molecular complexity index is 1620. The minimum absolute atomic E-state index is 0.00593. The van der Waals surface area contributed by atoms with Crippen LogP contribution >= 0.6 is 0 Å². The molecule has 3 fully saturated rings. The number of rotatable bonds is 7. The molecule has 2 aromatic carbocycles. The number of piperidine rings is 1. The molecule has 2 saturated heterocycles. The second-order valence-corrected chi connectivity index (χ2v) is 14.0. The topological polar surface area (TPSA) is 151 Å². The van der Waals surface area contributed by atoms with E-state index in [0.717, 1.165) is 0 Å². The molecule has 0 spiro atoms. The summed E-state index contributed by atoms with van der Waals surface area (Å²) in [5, 5.41) is 11.8. The maximum absolute atomic E-state index is 14.1. The van der Waals surface area contributed by atoms with Gasteiger partial charge in [0.2, 0.25) is 0 Å². The first-order chi connectivity index (χ1) is 21.2. The van der Waals surface area contributed by atoms with Crippen molar-refractivity contribution in [2.75, 3.05) is 43.1 Å². The molecule has 2 aliphatic heterocycles. The largest absolute Gasteiger partial charge is 0.465 e. The minimum Gasteiger partial charge on any atom is -0.465 e. The van der Waals surface area contributed by atoms with E-state index in [1.54, 1.807) is 54.6 Å². The highest BCUT2D eigenvalue weighted by Crippen LogP contribution is 2.48. The molecule has 44 heavy (non-hydrogen) atoms. The Labute approximate surface area is 255 Å². The number of nitrogens with zero attached hydrogens (tertiary/aromatic N) is 4. The number of hydrogen-bond donors (Lipinski definition) is 2. The maximum Gasteiger partial charge on any atom is 0.417 e. The van der Waals surface area contributed by atoms with Crippen molar-refractivity contribution in [3.05, 3.63) is 66.4 Å². The van der Waals surface area contributed by atoms with E-state index in [9.17, 15) is 23.1 Å². The van der Waals surface area contributed by atoms with Crippen LogP contribution in [-0.2, 0) is 19.3 Å². The van der Waals surface area contributed by atoms with Crippen LogP contribution in [0.25, 0.3) is 11.4 Å². The van der Waals surface area contributed by atoms with Crippen LogP contribution < -0.4 is 15.0 Å². The zero-order chi connectivity index (χ0) is 30.9. The summed E-state index contributed by atoms with van der Waals surface area (Å²) in [6.45, 7) is 3.83. The molecule has 2 amide bonds. The van der Waals surface area contributed by atoms with Gasteiger partial charge in [-0.05, 0) is 69.0 Å². The zero-order valence-electron chi connectivity index (χ0n) is 24.4. The summed E-state index contributed by atoms with van der Waals surface area (Å²) >= 11 is 0. The van der Waals surface area contributed by atoms with E-state index in [0.29, 0.717) is 66.9 Å². The SMILES string of the molecule is C[C@H]1COCCN1c1cc(C2(S(=O)(=O)C3CC3)CCN(C(=O)O)CC2)nc(-c2ccc(NC(=O)Oc3ccccc3)cc2)n1. The number of carboxylic acid groups (broad SMARTS) is 1. The fourth-order valence-electron chi connectivity index (χ4n) is 5.90. The molecule has 232 valence electrons. The Morgan fingerprint density at radius 1 is 1.02 bits per heavy atom. The molecule has 3 aliphatic rings. The lowest BCUT2D eigenvalue weighted by molar-refractivity contribution is 0.0985. The lowest BCUT2D eigenvalue weighted by Gasteiger charge is -2.41. The van der Waals surface area contributed by atoms with E-state index in [-0.39, 0.29) is 32.0 Å². The summed E-state index contributed by atoms with van der Waals surface area (Å²) in [6.07, 6.45) is -0.253. The molecule has 13 heteroatoms. The highest BCUT2D eigenvalue weighted by molar-refractivity contribution is 7.93. The van der Waals surface area contributed by atoms with Crippen molar-refractivity contribution in [3.8, 4) is 17.1 Å². The molecule has 2 N–H and O–H groups in total. The number of ether oxygens (including phenoxy) is 2. The molecule has 1 atom stereocenters. The van der Waals surface area contributed by atoms with Crippen LogP contribution in [0.4, 0.5) is 21.1 Å². The summed E-state index contributed by atoms with van der Waals surface area (Å²) in [7, 11) is -3.67. The van der Waals surface area contributed by atoms with Crippen molar-refractivity contribution >= 4 is 33.5 Å². The van der Waals surface area contributed by atoms with Crippen LogP contribution in [0.2, 0.25) is 0 Å². The summed E-state index contributed by atoms with van der Waals surface area (Å²) in [6, 6.07) is 17.4. The second kappa shape index (κ2) is 12.0. The number of morpholine rings is 1. The molecule has 0 unspecified atom stereocenters. The number of nitrogens with one attached hydrogen (secondary N) is 1. The number of hydrogen-bond acceptors (Lipinski definition) is 9. The maximum atomic E-state index is 14.1. The molecular formula is C31H35N5O7S. The van der Waals surface area contributed by atoms with Gasteiger partial charge in [0.05, 0.1) is 30.2 Å². The van der Waals surface area contributed by atoms with Crippen LogP contribution in [0, 0.1) is 0 Å². The normalized spacial score (nSPS) is 20.2. The smallest absolute Gasteiger partial charge is 0.417 e. The fraction of sp³-hybridized carbons (Fsp3) is 0.419. The van der Waals surface area contributed by atoms with Gasteiger partial charge in [-0.25, -0.2) is 28.0 Å².